The summed E-state index contributed by atoms with van der Waals surface area (Å²) in [5, 5.41) is 8.32. The molecule has 10 heteroatoms. The molecule has 3 heterocycles. The van der Waals surface area contributed by atoms with E-state index in [2.05, 4.69) is 25.4 Å². The fraction of sp³-hybridized carbons (Fsp3) is 0.182. The molecule has 4 aromatic rings. The smallest absolute Gasteiger partial charge is 0.343 e. The van der Waals surface area contributed by atoms with Crippen molar-refractivity contribution in [2.75, 3.05) is 18.5 Å². The van der Waals surface area contributed by atoms with Gasteiger partial charge in [-0.2, -0.15) is 9.78 Å². The number of pyridine rings is 1. The molecule has 1 aromatic carbocycles. The van der Waals surface area contributed by atoms with Gasteiger partial charge in [0.15, 0.2) is 11.6 Å². The molecule has 1 N–H and O–H groups in total. The molecule has 0 amide bonds. The number of rotatable bonds is 7. The molecule has 0 aliphatic rings. The number of esters is 2. The number of carbonyl (C=O) groups excluding carboxylic acids is 2. The van der Waals surface area contributed by atoms with Gasteiger partial charge in [-0.05, 0) is 32.0 Å². The van der Waals surface area contributed by atoms with Crippen molar-refractivity contribution in [3.8, 4) is 5.82 Å². The highest BCUT2D eigenvalue weighted by molar-refractivity contribution is 5.98. The minimum Gasteiger partial charge on any atom is -0.462 e. The quantitative estimate of drug-likeness (QED) is 0.438. The molecule has 0 aliphatic carbocycles. The normalized spacial score (nSPS) is 10.7. The summed E-state index contributed by atoms with van der Waals surface area (Å²) < 4.78 is 11.7. The summed E-state index contributed by atoms with van der Waals surface area (Å²) >= 11 is 0. The van der Waals surface area contributed by atoms with Crippen molar-refractivity contribution < 1.29 is 19.1 Å². The second kappa shape index (κ2) is 9.21. The van der Waals surface area contributed by atoms with Gasteiger partial charge >= 0.3 is 11.9 Å². The van der Waals surface area contributed by atoms with Crippen LogP contribution in [0.15, 0.2) is 55.1 Å². The average molecular weight is 432 g/mol. The van der Waals surface area contributed by atoms with Gasteiger partial charge in [0.1, 0.15) is 23.3 Å². The van der Waals surface area contributed by atoms with Gasteiger partial charge in [-0.25, -0.2) is 24.5 Å². The first kappa shape index (κ1) is 20.9. The number of hydrogen-bond donors (Lipinski definition) is 1. The molecule has 0 spiro atoms. The van der Waals surface area contributed by atoms with Crippen molar-refractivity contribution in [1.82, 2.24) is 24.7 Å². The Bertz CT molecular complexity index is 1290. The first-order valence-corrected chi connectivity index (χ1v) is 9.97. The van der Waals surface area contributed by atoms with Crippen LogP contribution in [0, 0.1) is 0 Å². The van der Waals surface area contributed by atoms with Crippen LogP contribution in [-0.2, 0) is 9.47 Å². The third-order valence-electron chi connectivity index (χ3n) is 4.51. The van der Waals surface area contributed by atoms with Gasteiger partial charge in [0.25, 0.3) is 0 Å². The highest BCUT2D eigenvalue weighted by Gasteiger charge is 2.23. The lowest BCUT2D eigenvalue weighted by Gasteiger charge is -2.13. The van der Waals surface area contributed by atoms with Crippen LogP contribution < -0.4 is 5.32 Å². The van der Waals surface area contributed by atoms with Crippen LogP contribution in [0.3, 0.4) is 0 Å². The molecule has 3 aromatic heterocycles. The summed E-state index contributed by atoms with van der Waals surface area (Å²) in [6, 6.07) is 11.3. The van der Waals surface area contributed by atoms with Crippen LogP contribution in [0.25, 0.3) is 16.7 Å². The highest BCUT2D eigenvalue weighted by atomic mass is 16.5. The lowest BCUT2D eigenvalue weighted by Crippen LogP contribution is -2.14. The summed E-state index contributed by atoms with van der Waals surface area (Å²) in [6.07, 6.45) is 4.00. The molecule has 0 aliphatic heterocycles. The number of anilines is 2. The van der Waals surface area contributed by atoms with Crippen molar-refractivity contribution in [2.45, 2.75) is 13.8 Å². The fourth-order valence-electron chi connectivity index (χ4n) is 3.07. The molecule has 0 radical (unpaired) electrons. The van der Waals surface area contributed by atoms with E-state index in [1.807, 2.05) is 30.3 Å². The van der Waals surface area contributed by atoms with Crippen LogP contribution in [0.1, 0.15) is 34.6 Å². The molecular formula is C22H20N6O4. The monoisotopic (exact) mass is 432 g/mol. The molecule has 4 rings (SSSR count). The minimum atomic E-state index is -0.594. The zero-order valence-corrected chi connectivity index (χ0v) is 17.5. The van der Waals surface area contributed by atoms with Crippen LogP contribution in [-0.4, -0.2) is 49.9 Å². The van der Waals surface area contributed by atoms with E-state index in [0.29, 0.717) is 5.82 Å². The number of hydrogen-bond acceptors (Lipinski definition) is 9. The lowest BCUT2D eigenvalue weighted by atomic mass is 10.2. The van der Waals surface area contributed by atoms with Gasteiger partial charge in [-0.1, -0.05) is 18.2 Å². The van der Waals surface area contributed by atoms with Gasteiger partial charge in [0.2, 0.25) is 0 Å². The molecule has 0 unspecified atom stereocenters. The molecule has 32 heavy (non-hydrogen) atoms. The van der Waals surface area contributed by atoms with E-state index in [-0.39, 0.29) is 36.0 Å². The number of ether oxygens (including phenoxy) is 2. The van der Waals surface area contributed by atoms with E-state index < -0.39 is 11.9 Å². The zero-order valence-electron chi connectivity index (χ0n) is 17.5. The van der Waals surface area contributed by atoms with Crippen LogP contribution in [0.5, 0.6) is 0 Å². The van der Waals surface area contributed by atoms with Crippen LogP contribution in [0.4, 0.5) is 11.6 Å². The maximum Gasteiger partial charge on any atom is 0.343 e. The summed E-state index contributed by atoms with van der Waals surface area (Å²) in [5.74, 6) is -0.299. The van der Waals surface area contributed by atoms with E-state index in [0.717, 1.165) is 10.9 Å². The lowest BCUT2D eigenvalue weighted by molar-refractivity contribution is 0.0518. The van der Waals surface area contributed by atoms with Crippen molar-refractivity contribution in [2.24, 2.45) is 0 Å². The van der Waals surface area contributed by atoms with Crippen molar-refractivity contribution in [3.63, 3.8) is 0 Å². The van der Waals surface area contributed by atoms with Crippen molar-refractivity contribution in [3.05, 3.63) is 66.2 Å². The average Bonchev–Trinajstić information content (AvgIpc) is 3.23. The van der Waals surface area contributed by atoms with E-state index in [9.17, 15) is 9.59 Å². The summed E-state index contributed by atoms with van der Waals surface area (Å²) in [5.41, 5.74) is 1.04. The fourth-order valence-corrected chi connectivity index (χ4v) is 3.07. The topological polar surface area (TPSA) is 121 Å². The summed E-state index contributed by atoms with van der Waals surface area (Å²) in [6.45, 7) is 3.80. The largest absolute Gasteiger partial charge is 0.462 e. The van der Waals surface area contributed by atoms with Crippen molar-refractivity contribution in [1.29, 1.82) is 0 Å². The molecule has 0 bridgehead atoms. The van der Waals surface area contributed by atoms with Gasteiger partial charge in [-0.3, -0.25) is 0 Å². The number of fused-ring (bicyclic) bond motifs is 1. The number of carbonyl (C=O) groups is 2. The summed E-state index contributed by atoms with van der Waals surface area (Å²) in [4.78, 5) is 37.6. The van der Waals surface area contributed by atoms with Crippen LogP contribution >= 0.6 is 0 Å². The van der Waals surface area contributed by atoms with Gasteiger partial charge in [0.05, 0.1) is 24.9 Å². The molecule has 162 valence electrons. The first-order valence-electron chi connectivity index (χ1n) is 9.97. The Morgan fingerprint density at radius 1 is 0.969 bits per heavy atom. The Kier molecular flexibility index (Phi) is 6.02. The van der Waals surface area contributed by atoms with Gasteiger partial charge in [-0.15, -0.1) is 0 Å². The zero-order chi connectivity index (χ0) is 22.5. The standard InChI is InChI=1S/C22H20N6O4/c1-3-31-21(29)15-11-23-13-24-19(15)27-20-16(22(30)32-4-2)12-25-28(20)18-10-9-14-7-5-6-8-17(14)26-18/h5-13H,3-4H2,1-2H3,(H,23,24,27). The Balaban J connectivity index is 1.82. The number of para-hydroxylation sites is 1. The van der Waals surface area contributed by atoms with Crippen molar-refractivity contribution >= 4 is 34.5 Å². The van der Waals surface area contributed by atoms with E-state index >= 15 is 0 Å². The van der Waals surface area contributed by atoms with E-state index in [1.54, 1.807) is 19.9 Å². The first-order chi connectivity index (χ1) is 15.6. The maximum atomic E-state index is 12.6. The Labute approximate surface area is 183 Å². The van der Waals surface area contributed by atoms with Crippen LogP contribution in [0.2, 0.25) is 0 Å². The number of nitrogens with one attached hydrogen (secondary N) is 1. The predicted octanol–water partition coefficient (Wildman–Crippen LogP) is 3.31. The van der Waals surface area contributed by atoms with E-state index in [4.69, 9.17) is 9.47 Å². The highest BCUT2D eigenvalue weighted by Crippen LogP contribution is 2.26. The predicted molar refractivity (Wildman–Crippen MR) is 116 cm³/mol. The number of nitrogens with zero attached hydrogens (tertiary/aromatic N) is 5. The second-order valence-electron chi connectivity index (χ2n) is 6.53. The summed E-state index contributed by atoms with van der Waals surface area (Å²) in [7, 11) is 0. The van der Waals surface area contributed by atoms with Gasteiger partial charge < -0.3 is 14.8 Å². The molecule has 0 atom stereocenters. The Hall–Kier alpha value is -4.34. The third-order valence-corrected chi connectivity index (χ3v) is 4.51. The van der Waals surface area contributed by atoms with E-state index in [1.165, 1.54) is 23.4 Å². The maximum absolute atomic E-state index is 12.6. The molecule has 0 fully saturated rings. The SMILES string of the molecule is CCOC(=O)c1cncnc1Nc1c(C(=O)OCC)cnn1-c1ccc2ccccc2n1. The molecule has 0 saturated heterocycles. The number of aromatic nitrogens is 5. The Morgan fingerprint density at radius 2 is 1.72 bits per heavy atom. The Morgan fingerprint density at radius 3 is 2.50 bits per heavy atom. The minimum absolute atomic E-state index is 0.114. The van der Waals surface area contributed by atoms with Gasteiger partial charge in [0, 0.05) is 11.6 Å². The third kappa shape index (κ3) is 4.10. The second-order valence-corrected chi connectivity index (χ2v) is 6.53. The molecule has 0 saturated carbocycles. The molecule has 10 nitrogen and oxygen atoms in total. The molecular weight excluding hydrogens is 412 g/mol. The number of benzene rings is 1.